The van der Waals surface area contributed by atoms with Crippen molar-refractivity contribution in [1.29, 1.82) is 0 Å². The summed E-state index contributed by atoms with van der Waals surface area (Å²) in [6.07, 6.45) is 9.99. The van der Waals surface area contributed by atoms with Crippen molar-refractivity contribution in [1.82, 2.24) is 0 Å². The highest BCUT2D eigenvalue weighted by Crippen LogP contribution is 1.69. The second-order valence-corrected chi connectivity index (χ2v) is 1.06. The summed E-state index contributed by atoms with van der Waals surface area (Å²) < 4.78 is 0. The van der Waals surface area contributed by atoms with Crippen LogP contribution in [0, 0.1) is 24.7 Å². The standard InChI is InChI=1S/C6H10.C2H2/c1-3-5-6-4-2;1-2/h3-4H2,1-2H3;1-2H. The molecule has 0 spiro atoms. The van der Waals surface area contributed by atoms with Crippen LogP contribution in [-0.2, 0) is 0 Å². The van der Waals surface area contributed by atoms with E-state index in [0.717, 1.165) is 12.8 Å². The number of rotatable bonds is 0. The fraction of sp³-hybridized carbons (Fsp3) is 0.500. The minimum absolute atomic E-state index is 0.994. The molecule has 0 aliphatic carbocycles. The second-order valence-electron chi connectivity index (χ2n) is 1.06. The first kappa shape index (κ1) is 10.2. The topological polar surface area (TPSA) is 0 Å². The minimum atomic E-state index is 0.994. The van der Waals surface area contributed by atoms with Crippen LogP contribution in [0.4, 0.5) is 0 Å². The Balaban J connectivity index is 0. The molecular weight excluding hydrogens is 96.1 g/mol. The van der Waals surface area contributed by atoms with Crippen LogP contribution in [0.5, 0.6) is 0 Å². The molecule has 0 radical (unpaired) electrons. The third kappa shape index (κ3) is 19.3. The maximum Gasteiger partial charge on any atom is 0.00602 e. The Morgan fingerprint density at radius 1 is 1.00 bits per heavy atom. The van der Waals surface area contributed by atoms with E-state index in [-0.39, 0.29) is 0 Å². The smallest absolute Gasteiger partial charge is 0.00602 e. The predicted octanol–water partition coefficient (Wildman–Crippen LogP) is 2.06. The van der Waals surface area contributed by atoms with Gasteiger partial charge in [-0.2, -0.15) is 0 Å². The fourth-order valence-corrected chi connectivity index (χ4v) is 0.250. The van der Waals surface area contributed by atoms with Crippen molar-refractivity contribution in [2.45, 2.75) is 26.7 Å². The quantitative estimate of drug-likeness (QED) is 0.417. The molecule has 0 nitrogen and oxygen atoms in total. The molecule has 0 unspecified atom stereocenters. The summed E-state index contributed by atoms with van der Waals surface area (Å²) in [5, 5.41) is 0. The Labute approximate surface area is 52.3 Å². The Hall–Kier alpha value is -0.880. The van der Waals surface area contributed by atoms with Gasteiger partial charge in [0.2, 0.25) is 0 Å². The molecule has 0 saturated carbocycles. The van der Waals surface area contributed by atoms with E-state index in [0.29, 0.717) is 0 Å². The summed E-state index contributed by atoms with van der Waals surface area (Å²) in [5.41, 5.74) is 0. The molecule has 0 aliphatic heterocycles. The van der Waals surface area contributed by atoms with Gasteiger partial charge in [0, 0.05) is 12.8 Å². The van der Waals surface area contributed by atoms with Crippen molar-refractivity contribution >= 4 is 0 Å². The first-order valence-corrected chi connectivity index (χ1v) is 2.70. The molecule has 0 aromatic rings. The number of terminal acetylenes is 1. The molecule has 44 valence electrons. The van der Waals surface area contributed by atoms with Crippen molar-refractivity contribution in [3.05, 3.63) is 0 Å². The molecule has 0 atom stereocenters. The third-order valence-electron chi connectivity index (χ3n) is 0.479. The van der Waals surface area contributed by atoms with Crippen LogP contribution in [0.3, 0.4) is 0 Å². The lowest BCUT2D eigenvalue weighted by molar-refractivity contribution is 1.23. The van der Waals surface area contributed by atoms with E-state index in [1.54, 1.807) is 0 Å². The molecule has 0 N–H and O–H groups in total. The summed E-state index contributed by atoms with van der Waals surface area (Å²) in [6, 6.07) is 0. The summed E-state index contributed by atoms with van der Waals surface area (Å²) in [4.78, 5) is 0. The van der Waals surface area contributed by atoms with Crippen LogP contribution in [0.2, 0.25) is 0 Å². The Morgan fingerprint density at radius 3 is 1.38 bits per heavy atom. The first-order valence-electron chi connectivity index (χ1n) is 2.70. The molecular formula is C8H12. The molecule has 0 aromatic carbocycles. The monoisotopic (exact) mass is 108 g/mol. The van der Waals surface area contributed by atoms with Crippen LogP contribution in [0.25, 0.3) is 0 Å². The van der Waals surface area contributed by atoms with Crippen LogP contribution < -0.4 is 0 Å². The SMILES string of the molecule is C#C.CCC#CCC. The zero-order chi connectivity index (χ0) is 6.83. The van der Waals surface area contributed by atoms with E-state index in [2.05, 4.69) is 38.5 Å². The lowest BCUT2D eigenvalue weighted by Gasteiger charge is -1.65. The lowest BCUT2D eigenvalue weighted by atomic mass is 10.4. The average molecular weight is 108 g/mol. The Morgan fingerprint density at radius 2 is 1.25 bits per heavy atom. The average Bonchev–Trinajstić information content (AvgIpc) is 1.88. The van der Waals surface area contributed by atoms with E-state index < -0.39 is 0 Å². The van der Waals surface area contributed by atoms with Crippen LogP contribution in [-0.4, -0.2) is 0 Å². The lowest BCUT2D eigenvalue weighted by Crippen LogP contribution is -1.52. The molecule has 0 bridgehead atoms. The molecule has 0 rings (SSSR count). The largest absolute Gasteiger partial charge is 0.124 e. The van der Waals surface area contributed by atoms with E-state index in [9.17, 15) is 0 Å². The van der Waals surface area contributed by atoms with Gasteiger partial charge in [-0.15, -0.1) is 24.7 Å². The van der Waals surface area contributed by atoms with Crippen molar-refractivity contribution in [2.75, 3.05) is 0 Å². The van der Waals surface area contributed by atoms with Crippen molar-refractivity contribution < 1.29 is 0 Å². The van der Waals surface area contributed by atoms with Gasteiger partial charge < -0.3 is 0 Å². The van der Waals surface area contributed by atoms with Crippen LogP contribution >= 0.6 is 0 Å². The summed E-state index contributed by atoms with van der Waals surface area (Å²) in [5.74, 6) is 5.90. The van der Waals surface area contributed by atoms with Gasteiger partial charge in [0.1, 0.15) is 0 Å². The van der Waals surface area contributed by atoms with E-state index >= 15 is 0 Å². The van der Waals surface area contributed by atoms with E-state index in [1.165, 1.54) is 0 Å². The minimum Gasteiger partial charge on any atom is -0.124 e. The number of hydrogen-bond acceptors (Lipinski definition) is 0. The molecule has 0 aliphatic rings. The van der Waals surface area contributed by atoms with Crippen LogP contribution in [0.1, 0.15) is 26.7 Å². The highest BCUT2D eigenvalue weighted by Gasteiger charge is 1.56. The highest BCUT2D eigenvalue weighted by molar-refractivity contribution is 4.96. The maximum absolute atomic E-state index is 4.00. The summed E-state index contributed by atoms with van der Waals surface area (Å²) in [6.45, 7) is 4.12. The van der Waals surface area contributed by atoms with Gasteiger partial charge in [-0.3, -0.25) is 0 Å². The summed E-state index contributed by atoms with van der Waals surface area (Å²) in [7, 11) is 0. The number of hydrogen-bond donors (Lipinski definition) is 0. The predicted molar refractivity (Wildman–Crippen MR) is 38.2 cm³/mol. The molecule has 0 fully saturated rings. The van der Waals surface area contributed by atoms with Gasteiger partial charge in [-0.05, 0) is 0 Å². The zero-order valence-corrected chi connectivity index (χ0v) is 5.57. The Bertz CT molecular complexity index is 79.6. The van der Waals surface area contributed by atoms with E-state index in [4.69, 9.17) is 0 Å². The zero-order valence-electron chi connectivity index (χ0n) is 5.57. The fourth-order valence-electron chi connectivity index (χ4n) is 0.250. The maximum atomic E-state index is 4.00. The highest BCUT2D eigenvalue weighted by atomic mass is 13.6. The second kappa shape index (κ2) is 16.5. The third-order valence-corrected chi connectivity index (χ3v) is 0.479. The van der Waals surface area contributed by atoms with Crippen molar-refractivity contribution in [3.63, 3.8) is 0 Å². The molecule has 0 heterocycles. The van der Waals surface area contributed by atoms with Gasteiger partial charge in [-0.25, -0.2) is 0 Å². The van der Waals surface area contributed by atoms with E-state index in [1.807, 2.05) is 0 Å². The van der Waals surface area contributed by atoms with Crippen molar-refractivity contribution in [2.24, 2.45) is 0 Å². The van der Waals surface area contributed by atoms with Gasteiger partial charge in [-0.1, -0.05) is 13.8 Å². The molecule has 0 aromatic heterocycles. The normalized spacial score (nSPS) is 5.00. The molecule has 0 amide bonds. The van der Waals surface area contributed by atoms with Gasteiger partial charge >= 0.3 is 0 Å². The molecule has 0 saturated heterocycles. The van der Waals surface area contributed by atoms with Gasteiger partial charge in [0.25, 0.3) is 0 Å². The van der Waals surface area contributed by atoms with Gasteiger partial charge in [0.05, 0.1) is 0 Å². The molecule has 0 heteroatoms. The molecule has 8 heavy (non-hydrogen) atoms. The Kier molecular flexibility index (Phi) is 21.0. The van der Waals surface area contributed by atoms with Gasteiger partial charge in [0.15, 0.2) is 0 Å². The van der Waals surface area contributed by atoms with Crippen LogP contribution in [0.15, 0.2) is 0 Å². The first-order chi connectivity index (χ1) is 3.91. The van der Waals surface area contributed by atoms with Crippen molar-refractivity contribution in [3.8, 4) is 24.7 Å². The summed E-state index contributed by atoms with van der Waals surface area (Å²) >= 11 is 0.